The number of rotatable bonds is 4. The molecule has 3 rings (SSSR count). The normalized spacial score (nSPS) is 17.8. The summed E-state index contributed by atoms with van der Waals surface area (Å²) in [5.74, 6) is -0.194. The van der Waals surface area contributed by atoms with Gasteiger partial charge in [-0.3, -0.25) is 9.59 Å². The third-order valence-electron chi connectivity index (χ3n) is 4.26. The Kier molecular flexibility index (Phi) is 4.42. The van der Waals surface area contributed by atoms with Crippen molar-refractivity contribution in [2.75, 3.05) is 7.11 Å². The Hall–Kier alpha value is -2.62. The van der Waals surface area contributed by atoms with Crippen LogP contribution in [0.3, 0.4) is 0 Å². The number of carbonyl (C=O) groups is 2. The van der Waals surface area contributed by atoms with E-state index in [1.807, 2.05) is 48.5 Å². The van der Waals surface area contributed by atoms with Crippen molar-refractivity contribution >= 4 is 11.9 Å². The Balaban J connectivity index is 2.03. The first-order valence-corrected chi connectivity index (χ1v) is 7.60. The summed E-state index contributed by atoms with van der Waals surface area (Å²) in [5.41, 5.74) is 1.98. The lowest BCUT2D eigenvalue weighted by Crippen LogP contribution is -2.26. The van der Waals surface area contributed by atoms with Crippen molar-refractivity contribution < 1.29 is 19.1 Å². The zero-order valence-electron chi connectivity index (χ0n) is 12.9. The molecule has 1 aliphatic rings. The van der Waals surface area contributed by atoms with E-state index in [1.165, 1.54) is 7.11 Å². The van der Waals surface area contributed by atoms with Gasteiger partial charge in [-0.05, 0) is 17.2 Å². The maximum atomic E-state index is 12.0. The number of carbonyl (C=O) groups excluding carboxylic acids is 2. The van der Waals surface area contributed by atoms with Gasteiger partial charge in [0.05, 0.1) is 20.0 Å². The van der Waals surface area contributed by atoms with E-state index < -0.39 is 0 Å². The number of esters is 2. The molecule has 2 aromatic rings. The van der Waals surface area contributed by atoms with Crippen LogP contribution in [0.4, 0.5) is 0 Å². The van der Waals surface area contributed by atoms with Gasteiger partial charge >= 0.3 is 11.9 Å². The van der Waals surface area contributed by atoms with E-state index >= 15 is 0 Å². The van der Waals surface area contributed by atoms with Crippen molar-refractivity contribution in [3.63, 3.8) is 0 Å². The van der Waals surface area contributed by atoms with Crippen LogP contribution in [0.15, 0.2) is 54.6 Å². The van der Waals surface area contributed by atoms with Crippen LogP contribution in [0.25, 0.3) is 0 Å². The lowest BCUT2D eigenvalue weighted by molar-refractivity contribution is -0.142. The molecule has 4 heteroatoms. The minimum absolute atomic E-state index is 0.103. The summed E-state index contributed by atoms with van der Waals surface area (Å²) in [6.45, 7) is 0. The Morgan fingerprint density at radius 1 is 1.17 bits per heavy atom. The van der Waals surface area contributed by atoms with Gasteiger partial charge in [0, 0.05) is 11.8 Å². The molecular weight excluding hydrogens is 292 g/mol. The van der Waals surface area contributed by atoms with Crippen LogP contribution < -0.4 is 4.74 Å². The Bertz CT molecular complexity index is 708. The first-order chi connectivity index (χ1) is 11.2. The molecule has 0 radical (unpaired) electrons. The summed E-state index contributed by atoms with van der Waals surface area (Å²) in [7, 11) is 1.38. The molecule has 0 saturated carbocycles. The number of para-hydroxylation sites is 1. The Morgan fingerprint density at radius 3 is 2.61 bits per heavy atom. The highest BCUT2D eigenvalue weighted by atomic mass is 16.5. The Labute approximate surface area is 135 Å². The molecule has 0 saturated heterocycles. The number of fused-ring (bicyclic) bond motifs is 1. The molecule has 1 heterocycles. The summed E-state index contributed by atoms with van der Waals surface area (Å²) < 4.78 is 10.2. The largest absolute Gasteiger partial charge is 0.469 e. The van der Waals surface area contributed by atoms with Crippen LogP contribution in [-0.2, 0) is 14.3 Å². The number of hydrogen-bond donors (Lipinski definition) is 0. The molecule has 2 aromatic carbocycles. The average Bonchev–Trinajstić information content (AvgIpc) is 2.59. The van der Waals surface area contributed by atoms with Gasteiger partial charge in [0.25, 0.3) is 0 Å². The molecule has 118 valence electrons. The lowest BCUT2D eigenvalue weighted by Gasteiger charge is -2.31. The molecule has 0 spiro atoms. The van der Waals surface area contributed by atoms with Gasteiger partial charge in [0.15, 0.2) is 0 Å². The van der Waals surface area contributed by atoms with E-state index in [0.29, 0.717) is 5.75 Å². The van der Waals surface area contributed by atoms with Gasteiger partial charge in [-0.1, -0.05) is 48.5 Å². The molecular formula is C19H18O4. The molecule has 4 nitrogen and oxygen atoms in total. The summed E-state index contributed by atoms with van der Waals surface area (Å²) >= 11 is 0. The minimum Gasteiger partial charge on any atom is -0.469 e. The predicted octanol–water partition coefficient (Wildman–Crippen LogP) is 3.43. The summed E-state index contributed by atoms with van der Waals surface area (Å²) in [6, 6.07) is 17.3. The van der Waals surface area contributed by atoms with Crippen LogP contribution in [0.1, 0.15) is 35.8 Å². The fraction of sp³-hybridized carbons (Fsp3) is 0.263. The smallest absolute Gasteiger partial charge is 0.311 e. The third kappa shape index (κ3) is 3.26. The van der Waals surface area contributed by atoms with Crippen molar-refractivity contribution in [2.45, 2.75) is 24.7 Å². The molecule has 0 amide bonds. The molecule has 0 bridgehead atoms. The molecule has 1 aliphatic heterocycles. The van der Waals surface area contributed by atoms with Crippen molar-refractivity contribution in [1.82, 2.24) is 0 Å². The second-order valence-electron chi connectivity index (χ2n) is 5.62. The van der Waals surface area contributed by atoms with Crippen LogP contribution in [0, 0.1) is 0 Å². The van der Waals surface area contributed by atoms with Gasteiger partial charge < -0.3 is 9.47 Å². The van der Waals surface area contributed by atoms with Gasteiger partial charge in [0.1, 0.15) is 5.75 Å². The van der Waals surface area contributed by atoms with Crippen molar-refractivity contribution in [3.8, 4) is 5.75 Å². The SMILES string of the molecule is COC(=O)CC(c1ccccc1)C1CC(=O)Oc2ccccc21. The molecule has 23 heavy (non-hydrogen) atoms. The zero-order chi connectivity index (χ0) is 16.2. The fourth-order valence-corrected chi connectivity index (χ4v) is 3.15. The van der Waals surface area contributed by atoms with E-state index in [2.05, 4.69) is 0 Å². The van der Waals surface area contributed by atoms with Crippen molar-refractivity contribution in [1.29, 1.82) is 0 Å². The number of methoxy groups -OCH3 is 1. The summed E-state index contributed by atoms with van der Waals surface area (Å²) in [4.78, 5) is 23.9. The van der Waals surface area contributed by atoms with Gasteiger partial charge in [0.2, 0.25) is 0 Å². The van der Waals surface area contributed by atoms with Crippen molar-refractivity contribution in [3.05, 3.63) is 65.7 Å². The van der Waals surface area contributed by atoms with E-state index in [-0.39, 0.29) is 36.6 Å². The molecule has 2 unspecified atom stereocenters. The maximum absolute atomic E-state index is 12.0. The van der Waals surface area contributed by atoms with Crippen molar-refractivity contribution in [2.24, 2.45) is 0 Å². The number of ether oxygens (including phenoxy) is 2. The Morgan fingerprint density at radius 2 is 1.87 bits per heavy atom. The van der Waals surface area contributed by atoms with E-state index in [0.717, 1.165) is 11.1 Å². The monoisotopic (exact) mass is 310 g/mol. The fourth-order valence-electron chi connectivity index (χ4n) is 3.15. The van der Waals surface area contributed by atoms with Crippen LogP contribution >= 0.6 is 0 Å². The summed E-state index contributed by atoms with van der Waals surface area (Å²) in [5, 5.41) is 0. The van der Waals surface area contributed by atoms with Gasteiger partial charge in [-0.25, -0.2) is 0 Å². The lowest BCUT2D eigenvalue weighted by atomic mass is 9.76. The highest BCUT2D eigenvalue weighted by molar-refractivity contribution is 5.77. The number of benzene rings is 2. The quantitative estimate of drug-likeness (QED) is 0.641. The second kappa shape index (κ2) is 6.65. The highest BCUT2D eigenvalue weighted by Crippen LogP contribution is 2.44. The third-order valence-corrected chi connectivity index (χ3v) is 4.26. The van der Waals surface area contributed by atoms with Gasteiger partial charge in [-0.15, -0.1) is 0 Å². The zero-order valence-corrected chi connectivity index (χ0v) is 12.9. The molecule has 0 fully saturated rings. The predicted molar refractivity (Wildman–Crippen MR) is 85.3 cm³/mol. The van der Waals surface area contributed by atoms with E-state index in [1.54, 1.807) is 6.07 Å². The van der Waals surface area contributed by atoms with Gasteiger partial charge in [-0.2, -0.15) is 0 Å². The maximum Gasteiger partial charge on any atom is 0.311 e. The van der Waals surface area contributed by atoms with E-state index in [4.69, 9.17) is 9.47 Å². The topological polar surface area (TPSA) is 52.6 Å². The number of hydrogen-bond acceptors (Lipinski definition) is 4. The first-order valence-electron chi connectivity index (χ1n) is 7.60. The average molecular weight is 310 g/mol. The molecule has 0 aliphatic carbocycles. The molecule has 0 aromatic heterocycles. The second-order valence-corrected chi connectivity index (χ2v) is 5.62. The van der Waals surface area contributed by atoms with Crippen LogP contribution in [0.2, 0.25) is 0 Å². The highest BCUT2D eigenvalue weighted by Gasteiger charge is 2.35. The molecule has 2 atom stereocenters. The first kappa shape index (κ1) is 15.3. The van der Waals surface area contributed by atoms with E-state index in [9.17, 15) is 9.59 Å². The molecule has 0 N–H and O–H groups in total. The van der Waals surface area contributed by atoms with Crippen LogP contribution in [-0.4, -0.2) is 19.0 Å². The minimum atomic E-state index is -0.282. The standard InChI is InChI=1S/C19H18O4/c1-22-18(20)11-15(13-7-3-2-4-8-13)16-12-19(21)23-17-10-6-5-9-14(16)17/h2-10,15-16H,11-12H2,1H3. The van der Waals surface area contributed by atoms with Crippen LogP contribution in [0.5, 0.6) is 5.75 Å². The summed E-state index contributed by atoms with van der Waals surface area (Å²) in [6.07, 6.45) is 0.486.